The summed E-state index contributed by atoms with van der Waals surface area (Å²) in [5.74, 6) is -1.57. The molecule has 0 aliphatic carbocycles. The molecule has 1 aromatic carbocycles. The summed E-state index contributed by atoms with van der Waals surface area (Å²) < 4.78 is 12.2. The molecule has 0 spiro atoms. The SMILES string of the molecule is CNC(=O)C(C)S(=O)C(Cc1ccccc1)C(=O)O. The second kappa shape index (κ2) is 7.04. The van der Waals surface area contributed by atoms with Gasteiger partial charge < -0.3 is 10.4 Å². The summed E-state index contributed by atoms with van der Waals surface area (Å²) in [5, 5.41) is 9.62. The summed E-state index contributed by atoms with van der Waals surface area (Å²) in [7, 11) is -0.341. The van der Waals surface area contributed by atoms with E-state index in [0.717, 1.165) is 5.56 Å². The fourth-order valence-corrected chi connectivity index (χ4v) is 3.03. The molecular formula is C13H17NO4S. The lowest BCUT2D eigenvalue weighted by Gasteiger charge is -2.16. The van der Waals surface area contributed by atoms with Crippen LogP contribution < -0.4 is 5.32 Å². The van der Waals surface area contributed by atoms with Crippen LogP contribution in [0.3, 0.4) is 0 Å². The Labute approximate surface area is 114 Å². The van der Waals surface area contributed by atoms with Crippen molar-refractivity contribution in [2.45, 2.75) is 23.8 Å². The van der Waals surface area contributed by atoms with E-state index in [0.29, 0.717) is 0 Å². The minimum absolute atomic E-state index is 0.143. The van der Waals surface area contributed by atoms with E-state index in [1.807, 2.05) is 6.07 Å². The maximum absolute atomic E-state index is 12.2. The Kier molecular flexibility index (Phi) is 5.69. The van der Waals surface area contributed by atoms with Crippen molar-refractivity contribution in [3.05, 3.63) is 35.9 Å². The number of carbonyl (C=O) groups excluding carboxylic acids is 1. The molecule has 5 nitrogen and oxygen atoms in total. The highest BCUT2D eigenvalue weighted by Crippen LogP contribution is 2.12. The van der Waals surface area contributed by atoms with E-state index in [9.17, 15) is 18.9 Å². The van der Waals surface area contributed by atoms with Crippen LogP contribution >= 0.6 is 0 Å². The third-order valence-electron chi connectivity index (χ3n) is 2.78. The van der Waals surface area contributed by atoms with Crippen LogP contribution in [0.2, 0.25) is 0 Å². The van der Waals surface area contributed by atoms with Crippen molar-refractivity contribution in [2.24, 2.45) is 0 Å². The number of carboxylic acid groups (broad SMARTS) is 1. The lowest BCUT2D eigenvalue weighted by atomic mass is 10.1. The molecule has 0 saturated carbocycles. The van der Waals surface area contributed by atoms with Gasteiger partial charge in [0.15, 0.2) is 0 Å². The van der Waals surface area contributed by atoms with Crippen molar-refractivity contribution in [3.8, 4) is 0 Å². The van der Waals surface area contributed by atoms with Crippen LogP contribution in [0, 0.1) is 0 Å². The van der Waals surface area contributed by atoms with Gasteiger partial charge in [0, 0.05) is 17.8 Å². The van der Waals surface area contributed by atoms with Crippen molar-refractivity contribution in [1.29, 1.82) is 0 Å². The van der Waals surface area contributed by atoms with Gasteiger partial charge in [0.05, 0.1) is 0 Å². The van der Waals surface area contributed by atoms with Gasteiger partial charge in [-0.1, -0.05) is 30.3 Å². The highest BCUT2D eigenvalue weighted by molar-refractivity contribution is 7.87. The summed E-state index contributed by atoms with van der Waals surface area (Å²) in [6.07, 6.45) is 0.143. The van der Waals surface area contributed by atoms with E-state index in [2.05, 4.69) is 5.32 Å². The van der Waals surface area contributed by atoms with Crippen LogP contribution in [0.15, 0.2) is 30.3 Å². The lowest BCUT2D eigenvalue weighted by Crippen LogP contribution is -2.40. The molecule has 0 fully saturated rings. The molecule has 0 bridgehead atoms. The zero-order valence-corrected chi connectivity index (χ0v) is 11.6. The molecule has 3 unspecified atom stereocenters. The van der Waals surface area contributed by atoms with Gasteiger partial charge >= 0.3 is 5.97 Å². The monoisotopic (exact) mass is 283 g/mol. The average molecular weight is 283 g/mol. The van der Waals surface area contributed by atoms with E-state index in [-0.39, 0.29) is 6.42 Å². The minimum Gasteiger partial charge on any atom is -0.480 e. The van der Waals surface area contributed by atoms with E-state index in [4.69, 9.17) is 0 Å². The van der Waals surface area contributed by atoms with Gasteiger partial charge in [0.25, 0.3) is 0 Å². The van der Waals surface area contributed by atoms with Crippen LogP contribution in [-0.2, 0) is 26.8 Å². The summed E-state index contributed by atoms with van der Waals surface area (Å²) >= 11 is 0. The standard InChI is InChI=1S/C13H17NO4S/c1-9(12(15)14-2)19(18)11(13(16)17)8-10-6-4-3-5-7-10/h3-7,9,11H,8H2,1-2H3,(H,14,15)(H,16,17). The smallest absolute Gasteiger partial charge is 0.319 e. The van der Waals surface area contributed by atoms with Gasteiger partial charge in [0.1, 0.15) is 10.5 Å². The third-order valence-corrected chi connectivity index (χ3v) is 4.62. The first-order valence-electron chi connectivity index (χ1n) is 5.85. The molecule has 1 aromatic rings. The van der Waals surface area contributed by atoms with Crippen molar-refractivity contribution in [1.82, 2.24) is 5.32 Å². The maximum atomic E-state index is 12.2. The van der Waals surface area contributed by atoms with E-state index in [1.54, 1.807) is 24.3 Å². The highest BCUT2D eigenvalue weighted by Gasteiger charge is 2.31. The average Bonchev–Trinajstić information content (AvgIpc) is 2.43. The molecule has 19 heavy (non-hydrogen) atoms. The predicted octanol–water partition coefficient (Wildman–Crippen LogP) is 0.565. The predicted molar refractivity (Wildman–Crippen MR) is 73.2 cm³/mol. The normalized spacial score (nSPS) is 15.3. The largest absolute Gasteiger partial charge is 0.480 e. The summed E-state index contributed by atoms with van der Waals surface area (Å²) in [6, 6.07) is 8.96. The molecule has 1 amide bonds. The van der Waals surface area contributed by atoms with E-state index < -0.39 is 33.2 Å². The zero-order chi connectivity index (χ0) is 14.4. The Morgan fingerprint density at radius 2 is 1.89 bits per heavy atom. The Morgan fingerprint density at radius 3 is 2.37 bits per heavy atom. The number of nitrogens with one attached hydrogen (secondary N) is 1. The fourth-order valence-electron chi connectivity index (χ4n) is 1.65. The number of amides is 1. The molecular weight excluding hydrogens is 266 g/mol. The third kappa shape index (κ3) is 4.17. The quantitative estimate of drug-likeness (QED) is 0.799. The van der Waals surface area contributed by atoms with Gasteiger partial charge in [-0.2, -0.15) is 0 Å². The summed E-state index contributed by atoms with van der Waals surface area (Å²) in [6.45, 7) is 1.47. The Balaban J connectivity index is 2.87. The molecule has 0 aliphatic heterocycles. The number of carbonyl (C=O) groups is 2. The fraction of sp³-hybridized carbons (Fsp3) is 0.385. The van der Waals surface area contributed by atoms with Crippen molar-refractivity contribution >= 4 is 22.7 Å². The molecule has 0 heterocycles. The van der Waals surface area contributed by atoms with Crippen molar-refractivity contribution < 1.29 is 18.9 Å². The topological polar surface area (TPSA) is 83.5 Å². The van der Waals surface area contributed by atoms with Crippen molar-refractivity contribution in [2.75, 3.05) is 7.05 Å². The summed E-state index contributed by atoms with van der Waals surface area (Å²) in [4.78, 5) is 22.7. The number of hydrogen-bond donors (Lipinski definition) is 2. The first-order valence-corrected chi connectivity index (χ1v) is 7.12. The Hall–Kier alpha value is -1.69. The lowest BCUT2D eigenvalue weighted by molar-refractivity contribution is -0.136. The second-order valence-electron chi connectivity index (χ2n) is 4.10. The van der Waals surface area contributed by atoms with Crippen LogP contribution in [0.5, 0.6) is 0 Å². The van der Waals surface area contributed by atoms with Gasteiger partial charge in [-0.3, -0.25) is 13.8 Å². The molecule has 0 aliphatic rings. The Morgan fingerprint density at radius 1 is 1.32 bits per heavy atom. The molecule has 6 heteroatoms. The first-order chi connectivity index (χ1) is 8.97. The van der Waals surface area contributed by atoms with Crippen LogP contribution in [0.1, 0.15) is 12.5 Å². The molecule has 0 aromatic heterocycles. The van der Waals surface area contributed by atoms with Gasteiger partial charge in [-0.05, 0) is 18.9 Å². The van der Waals surface area contributed by atoms with Crippen molar-refractivity contribution in [3.63, 3.8) is 0 Å². The number of carboxylic acids is 1. The second-order valence-corrected chi connectivity index (χ2v) is 6.03. The number of rotatable bonds is 6. The molecule has 2 N–H and O–H groups in total. The number of hydrogen-bond acceptors (Lipinski definition) is 3. The molecule has 104 valence electrons. The molecule has 3 atom stereocenters. The summed E-state index contributed by atoms with van der Waals surface area (Å²) in [5.41, 5.74) is 0.785. The van der Waals surface area contributed by atoms with Crippen LogP contribution in [0.25, 0.3) is 0 Å². The minimum atomic E-state index is -1.77. The first kappa shape index (κ1) is 15.4. The van der Waals surface area contributed by atoms with Crippen LogP contribution in [0.4, 0.5) is 0 Å². The van der Waals surface area contributed by atoms with Gasteiger partial charge in [-0.25, -0.2) is 0 Å². The van der Waals surface area contributed by atoms with Crippen LogP contribution in [-0.4, -0.2) is 38.7 Å². The van der Waals surface area contributed by atoms with E-state index >= 15 is 0 Å². The maximum Gasteiger partial charge on any atom is 0.319 e. The van der Waals surface area contributed by atoms with E-state index in [1.165, 1.54) is 14.0 Å². The zero-order valence-electron chi connectivity index (χ0n) is 10.8. The Bertz CT molecular complexity index is 475. The molecule has 1 rings (SSSR count). The highest BCUT2D eigenvalue weighted by atomic mass is 32.2. The number of aliphatic carboxylic acids is 1. The molecule has 0 saturated heterocycles. The number of benzene rings is 1. The van der Waals surface area contributed by atoms with Gasteiger partial charge in [0.2, 0.25) is 5.91 Å². The van der Waals surface area contributed by atoms with Gasteiger partial charge in [-0.15, -0.1) is 0 Å². The molecule has 0 radical (unpaired) electrons.